The van der Waals surface area contributed by atoms with Crippen LogP contribution in [0.15, 0.2) is 12.1 Å². The topological polar surface area (TPSA) is 63.8 Å². The highest BCUT2D eigenvalue weighted by Crippen LogP contribution is 2.28. The molecule has 0 radical (unpaired) electrons. The van der Waals surface area contributed by atoms with Gasteiger partial charge in [-0.25, -0.2) is 0 Å². The van der Waals surface area contributed by atoms with Crippen molar-refractivity contribution in [2.24, 2.45) is 11.7 Å². The Morgan fingerprint density at radius 2 is 2.12 bits per heavy atom. The molecule has 0 aliphatic heterocycles. The second-order valence-electron chi connectivity index (χ2n) is 4.59. The minimum Gasteiger partial charge on any atom is -0.364 e. The molecule has 1 aliphatic carbocycles. The predicted octanol–water partition coefficient (Wildman–Crippen LogP) is 1.71. The van der Waals surface area contributed by atoms with Gasteiger partial charge in [0.05, 0.1) is 5.69 Å². The molecule has 1 heterocycles. The second kappa shape index (κ2) is 5.25. The number of nitrogens with zero attached hydrogens (tertiary/aromatic N) is 2. The maximum atomic E-state index is 5.82. The van der Waals surface area contributed by atoms with E-state index in [1.54, 1.807) is 0 Å². The lowest BCUT2D eigenvalue weighted by Crippen LogP contribution is -2.35. The molecule has 1 atom stereocenters. The molecule has 1 aromatic heterocycles. The summed E-state index contributed by atoms with van der Waals surface area (Å²) in [6.45, 7) is 2.61. The van der Waals surface area contributed by atoms with Crippen LogP contribution in [-0.2, 0) is 0 Å². The largest absolute Gasteiger partial charge is 0.364 e. The van der Waals surface area contributed by atoms with Crippen LogP contribution >= 0.6 is 0 Å². The summed E-state index contributed by atoms with van der Waals surface area (Å²) >= 11 is 0. The molecule has 88 valence electrons. The molecule has 1 aromatic rings. The summed E-state index contributed by atoms with van der Waals surface area (Å²) in [6, 6.07) is 4.29. The third-order valence-corrected chi connectivity index (χ3v) is 3.35. The van der Waals surface area contributed by atoms with E-state index >= 15 is 0 Å². The Kier molecular flexibility index (Phi) is 3.72. The maximum absolute atomic E-state index is 5.82. The van der Waals surface area contributed by atoms with Crippen molar-refractivity contribution in [3.05, 3.63) is 17.8 Å². The summed E-state index contributed by atoms with van der Waals surface area (Å²) in [6.07, 6.45) is 5.24. The molecule has 1 unspecified atom stereocenters. The van der Waals surface area contributed by atoms with E-state index in [0.717, 1.165) is 11.5 Å². The lowest BCUT2D eigenvalue weighted by atomic mass is 9.98. The summed E-state index contributed by atoms with van der Waals surface area (Å²) in [5, 5.41) is 11.6. The Bertz CT molecular complexity index is 316. The molecule has 16 heavy (non-hydrogen) atoms. The smallest absolute Gasteiger partial charge is 0.148 e. The molecule has 3 N–H and O–H groups in total. The fourth-order valence-electron chi connectivity index (χ4n) is 2.39. The van der Waals surface area contributed by atoms with Gasteiger partial charge in [0.1, 0.15) is 5.82 Å². The first-order chi connectivity index (χ1) is 7.79. The number of hydrogen-bond donors (Lipinski definition) is 2. The Morgan fingerprint density at radius 3 is 2.69 bits per heavy atom. The Labute approximate surface area is 96.6 Å². The third-order valence-electron chi connectivity index (χ3n) is 3.35. The summed E-state index contributed by atoms with van der Waals surface area (Å²) in [7, 11) is 0. The number of hydrogen-bond acceptors (Lipinski definition) is 4. The predicted molar refractivity (Wildman–Crippen MR) is 65.2 cm³/mol. The van der Waals surface area contributed by atoms with E-state index in [1.807, 2.05) is 19.1 Å². The first kappa shape index (κ1) is 11.3. The highest BCUT2D eigenvalue weighted by atomic mass is 15.2. The molecule has 2 rings (SSSR count). The van der Waals surface area contributed by atoms with E-state index in [1.165, 1.54) is 25.7 Å². The molecular weight excluding hydrogens is 200 g/mol. The quantitative estimate of drug-likeness (QED) is 0.811. The zero-order valence-electron chi connectivity index (χ0n) is 9.82. The molecular formula is C12H20N4. The van der Waals surface area contributed by atoms with Crippen molar-refractivity contribution < 1.29 is 0 Å². The summed E-state index contributed by atoms with van der Waals surface area (Å²) in [5.41, 5.74) is 6.76. The summed E-state index contributed by atoms with van der Waals surface area (Å²) in [4.78, 5) is 0. The fourth-order valence-corrected chi connectivity index (χ4v) is 2.39. The van der Waals surface area contributed by atoms with Gasteiger partial charge in [0.2, 0.25) is 0 Å². The zero-order valence-corrected chi connectivity index (χ0v) is 9.82. The van der Waals surface area contributed by atoms with Gasteiger partial charge in [-0.05, 0) is 37.8 Å². The van der Waals surface area contributed by atoms with E-state index in [0.29, 0.717) is 18.5 Å². The van der Waals surface area contributed by atoms with E-state index in [-0.39, 0.29) is 0 Å². The molecule has 0 amide bonds. The molecule has 1 fully saturated rings. The highest BCUT2D eigenvalue weighted by molar-refractivity contribution is 5.34. The first-order valence-corrected chi connectivity index (χ1v) is 6.06. The second-order valence-corrected chi connectivity index (χ2v) is 4.59. The van der Waals surface area contributed by atoms with E-state index in [2.05, 4.69) is 15.5 Å². The normalized spacial score (nSPS) is 18.6. The minimum atomic E-state index is 0.347. The molecule has 0 spiro atoms. The summed E-state index contributed by atoms with van der Waals surface area (Å²) in [5.74, 6) is 1.54. The van der Waals surface area contributed by atoms with Gasteiger partial charge in [-0.15, -0.1) is 5.10 Å². The number of nitrogens with two attached hydrogens (primary N) is 1. The van der Waals surface area contributed by atoms with Gasteiger partial charge in [-0.2, -0.15) is 5.10 Å². The van der Waals surface area contributed by atoms with E-state index < -0.39 is 0 Å². The van der Waals surface area contributed by atoms with Gasteiger partial charge in [-0.1, -0.05) is 12.8 Å². The number of nitrogens with one attached hydrogen (secondary N) is 1. The monoisotopic (exact) mass is 220 g/mol. The van der Waals surface area contributed by atoms with Gasteiger partial charge in [0, 0.05) is 12.6 Å². The minimum absolute atomic E-state index is 0.347. The van der Waals surface area contributed by atoms with E-state index in [4.69, 9.17) is 5.73 Å². The molecule has 1 aliphatic rings. The van der Waals surface area contributed by atoms with Gasteiger partial charge < -0.3 is 11.1 Å². The van der Waals surface area contributed by atoms with Crippen molar-refractivity contribution in [2.45, 2.75) is 38.6 Å². The van der Waals surface area contributed by atoms with E-state index in [9.17, 15) is 0 Å². The number of aryl methyl sites for hydroxylation is 1. The van der Waals surface area contributed by atoms with Crippen LogP contribution in [0.5, 0.6) is 0 Å². The third kappa shape index (κ3) is 2.70. The van der Waals surface area contributed by atoms with Crippen molar-refractivity contribution in [1.82, 2.24) is 10.2 Å². The van der Waals surface area contributed by atoms with Crippen LogP contribution in [-0.4, -0.2) is 22.8 Å². The molecule has 0 aromatic carbocycles. The molecule has 0 bridgehead atoms. The van der Waals surface area contributed by atoms with Gasteiger partial charge in [0.15, 0.2) is 0 Å². The van der Waals surface area contributed by atoms with Crippen molar-refractivity contribution >= 4 is 5.82 Å². The Morgan fingerprint density at radius 1 is 1.38 bits per heavy atom. The molecule has 1 saturated carbocycles. The number of rotatable bonds is 4. The van der Waals surface area contributed by atoms with Crippen molar-refractivity contribution in [2.75, 3.05) is 11.9 Å². The Hall–Kier alpha value is -1.16. The van der Waals surface area contributed by atoms with Gasteiger partial charge in [-0.3, -0.25) is 0 Å². The summed E-state index contributed by atoms with van der Waals surface area (Å²) < 4.78 is 0. The van der Waals surface area contributed by atoms with Crippen molar-refractivity contribution in [3.63, 3.8) is 0 Å². The molecule has 0 saturated heterocycles. The van der Waals surface area contributed by atoms with Crippen LogP contribution in [0.3, 0.4) is 0 Å². The first-order valence-electron chi connectivity index (χ1n) is 6.06. The highest BCUT2D eigenvalue weighted by Gasteiger charge is 2.23. The van der Waals surface area contributed by atoms with Crippen molar-refractivity contribution in [1.29, 1.82) is 0 Å². The zero-order chi connectivity index (χ0) is 11.4. The van der Waals surface area contributed by atoms with Gasteiger partial charge in [0.25, 0.3) is 0 Å². The van der Waals surface area contributed by atoms with Crippen LogP contribution in [0, 0.1) is 12.8 Å². The van der Waals surface area contributed by atoms with Crippen LogP contribution in [0.4, 0.5) is 5.82 Å². The van der Waals surface area contributed by atoms with Crippen LogP contribution in [0.25, 0.3) is 0 Å². The number of aromatic nitrogens is 2. The molecule has 4 heteroatoms. The lowest BCUT2D eigenvalue weighted by molar-refractivity contribution is 0.461. The SMILES string of the molecule is Cc1ccc(NC(CN)C2CCCC2)nn1. The average Bonchev–Trinajstić information content (AvgIpc) is 2.82. The van der Waals surface area contributed by atoms with Crippen LogP contribution in [0.1, 0.15) is 31.4 Å². The average molecular weight is 220 g/mol. The number of anilines is 1. The lowest BCUT2D eigenvalue weighted by Gasteiger charge is -2.23. The fraction of sp³-hybridized carbons (Fsp3) is 0.667. The van der Waals surface area contributed by atoms with Crippen LogP contribution < -0.4 is 11.1 Å². The molecule has 4 nitrogen and oxygen atoms in total. The van der Waals surface area contributed by atoms with Crippen LogP contribution in [0.2, 0.25) is 0 Å². The maximum Gasteiger partial charge on any atom is 0.148 e. The Balaban J connectivity index is 1.97. The van der Waals surface area contributed by atoms with Gasteiger partial charge >= 0.3 is 0 Å². The van der Waals surface area contributed by atoms with Crippen molar-refractivity contribution in [3.8, 4) is 0 Å². The standard InChI is InChI=1S/C12H20N4/c1-9-6-7-12(16-15-9)14-11(8-13)10-4-2-3-5-10/h6-7,10-11H,2-5,8,13H2,1H3,(H,14,16).